The van der Waals surface area contributed by atoms with Crippen molar-refractivity contribution < 1.29 is 0 Å². The van der Waals surface area contributed by atoms with Crippen molar-refractivity contribution in [3.8, 4) is 0 Å². The van der Waals surface area contributed by atoms with E-state index in [0.717, 1.165) is 12.3 Å². The second-order valence-corrected chi connectivity index (χ2v) is 5.29. The number of thioether (sulfide) groups is 1. The third-order valence-corrected chi connectivity index (χ3v) is 3.64. The van der Waals surface area contributed by atoms with Crippen molar-refractivity contribution in [1.29, 1.82) is 0 Å². The molecule has 0 saturated heterocycles. The molecule has 0 radical (unpaired) electrons. The van der Waals surface area contributed by atoms with Gasteiger partial charge in [0.05, 0.1) is 0 Å². The van der Waals surface area contributed by atoms with Gasteiger partial charge in [-0.1, -0.05) is 29.8 Å². The molecule has 0 N–H and O–H groups in total. The molecule has 0 nitrogen and oxygen atoms in total. The third-order valence-electron chi connectivity index (χ3n) is 2.56. The molecule has 1 aromatic rings. The Kier molecular flexibility index (Phi) is 6.19. The van der Waals surface area contributed by atoms with Gasteiger partial charge in [-0.05, 0) is 43.3 Å². The molecule has 15 heavy (non-hydrogen) atoms. The van der Waals surface area contributed by atoms with E-state index in [2.05, 4.69) is 37.4 Å². The molecule has 0 aromatic heterocycles. The molecule has 84 valence electrons. The van der Waals surface area contributed by atoms with Crippen molar-refractivity contribution in [1.82, 2.24) is 0 Å². The maximum absolute atomic E-state index is 5.98. The molecule has 0 aliphatic heterocycles. The summed E-state index contributed by atoms with van der Waals surface area (Å²) in [5.74, 6) is 2.61. The molecule has 0 fully saturated rings. The Morgan fingerprint density at radius 1 is 1.40 bits per heavy atom. The second kappa shape index (κ2) is 7.19. The van der Waals surface area contributed by atoms with E-state index in [4.69, 9.17) is 11.6 Å². The van der Waals surface area contributed by atoms with E-state index in [1.54, 1.807) is 0 Å². The highest BCUT2D eigenvalue weighted by molar-refractivity contribution is 7.98. The zero-order chi connectivity index (χ0) is 11.1. The normalized spacial score (nSPS) is 12.7. The van der Waals surface area contributed by atoms with Gasteiger partial charge in [0.1, 0.15) is 0 Å². The van der Waals surface area contributed by atoms with Gasteiger partial charge in [0.2, 0.25) is 0 Å². The topological polar surface area (TPSA) is 0 Å². The van der Waals surface area contributed by atoms with Crippen molar-refractivity contribution in [2.45, 2.75) is 19.8 Å². The van der Waals surface area contributed by atoms with Crippen LogP contribution in [0.2, 0.25) is 0 Å². The predicted octanol–water partition coefficient (Wildman–Crippen LogP) is 4.15. The monoisotopic (exact) mass is 242 g/mol. The molecule has 1 rings (SSSR count). The number of aryl methyl sites for hydroxylation is 1. The van der Waals surface area contributed by atoms with Crippen LogP contribution in [-0.2, 0) is 6.42 Å². The van der Waals surface area contributed by atoms with E-state index in [1.165, 1.54) is 23.3 Å². The van der Waals surface area contributed by atoms with Crippen LogP contribution in [0.3, 0.4) is 0 Å². The number of alkyl halides is 1. The maximum Gasteiger partial charge on any atom is 0.0255 e. The number of halogens is 1. The first-order valence-electron chi connectivity index (χ1n) is 5.36. The zero-order valence-electron chi connectivity index (χ0n) is 9.50. The van der Waals surface area contributed by atoms with Gasteiger partial charge in [-0.15, -0.1) is 11.6 Å². The smallest absolute Gasteiger partial charge is 0.0255 e. The van der Waals surface area contributed by atoms with Gasteiger partial charge in [-0.25, -0.2) is 0 Å². The zero-order valence-corrected chi connectivity index (χ0v) is 11.1. The van der Waals surface area contributed by atoms with Crippen LogP contribution in [0, 0.1) is 12.8 Å². The fourth-order valence-electron chi connectivity index (χ4n) is 1.69. The Labute approximate surface area is 102 Å². The van der Waals surface area contributed by atoms with Gasteiger partial charge >= 0.3 is 0 Å². The van der Waals surface area contributed by atoms with E-state index >= 15 is 0 Å². The summed E-state index contributed by atoms with van der Waals surface area (Å²) in [6.45, 7) is 2.14. The lowest BCUT2D eigenvalue weighted by molar-refractivity contribution is 0.571. The summed E-state index contributed by atoms with van der Waals surface area (Å²) >= 11 is 7.88. The SMILES string of the molecule is CSCCC(CCl)Cc1cccc(C)c1. The minimum atomic E-state index is 0.626. The Bertz CT molecular complexity index is 286. The Morgan fingerprint density at radius 2 is 2.20 bits per heavy atom. The molecule has 0 heterocycles. The van der Waals surface area contributed by atoms with Gasteiger partial charge in [0.15, 0.2) is 0 Å². The van der Waals surface area contributed by atoms with Crippen molar-refractivity contribution in [2.24, 2.45) is 5.92 Å². The van der Waals surface area contributed by atoms with Crippen LogP contribution >= 0.6 is 23.4 Å². The van der Waals surface area contributed by atoms with Gasteiger partial charge in [0, 0.05) is 5.88 Å². The molecule has 0 bridgehead atoms. The first-order valence-corrected chi connectivity index (χ1v) is 7.29. The second-order valence-electron chi connectivity index (χ2n) is 3.99. The molecular formula is C13H19ClS. The predicted molar refractivity (Wildman–Crippen MR) is 72.1 cm³/mol. The van der Waals surface area contributed by atoms with Crippen LogP contribution in [0.15, 0.2) is 24.3 Å². The number of benzene rings is 1. The lowest BCUT2D eigenvalue weighted by atomic mass is 9.98. The molecule has 1 atom stereocenters. The molecule has 1 unspecified atom stereocenters. The molecule has 0 spiro atoms. The van der Waals surface area contributed by atoms with Crippen LogP contribution in [-0.4, -0.2) is 17.9 Å². The molecule has 1 aromatic carbocycles. The highest BCUT2D eigenvalue weighted by atomic mass is 35.5. The van der Waals surface area contributed by atoms with E-state index in [9.17, 15) is 0 Å². The summed E-state index contributed by atoms with van der Waals surface area (Å²) in [6.07, 6.45) is 4.49. The number of hydrogen-bond donors (Lipinski definition) is 0. The fraction of sp³-hybridized carbons (Fsp3) is 0.538. The van der Waals surface area contributed by atoms with Crippen LogP contribution in [0.25, 0.3) is 0 Å². The lowest BCUT2D eigenvalue weighted by Crippen LogP contribution is -2.07. The molecule has 0 aliphatic carbocycles. The Hall–Kier alpha value is -0.140. The van der Waals surface area contributed by atoms with E-state index in [-0.39, 0.29) is 0 Å². The summed E-state index contributed by atoms with van der Waals surface area (Å²) in [4.78, 5) is 0. The molecule has 0 amide bonds. The first-order chi connectivity index (χ1) is 7.26. The van der Waals surface area contributed by atoms with Crippen molar-refractivity contribution in [3.05, 3.63) is 35.4 Å². The average molecular weight is 243 g/mol. The van der Waals surface area contributed by atoms with Gasteiger partial charge in [-0.3, -0.25) is 0 Å². The largest absolute Gasteiger partial charge is 0.165 e. The van der Waals surface area contributed by atoms with E-state index in [0.29, 0.717) is 5.92 Å². The Balaban J connectivity index is 2.50. The van der Waals surface area contributed by atoms with Crippen LogP contribution in [0.1, 0.15) is 17.5 Å². The van der Waals surface area contributed by atoms with Crippen LogP contribution in [0.4, 0.5) is 0 Å². The summed E-state index contributed by atoms with van der Waals surface area (Å²) in [5, 5.41) is 0. The molecular weight excluding hydrogens is 224 g/mol. The number of hydrogen-bond acceptors (Lipinski definition) is 1. The minimum absolute atomic E-state index is 0.626. The quantitative estimate of drug-likeness (QED) is 0.676. The van der Waals surface area contributed by atoms with Gasteiger partial charge in [-0.2, -0.15) is 11.8 Å². The molecule has 2 heteroatoms. The minimum Gasteiger partial charge on any atom is -0.165 e. The highest BCUT2D eigenvalue weighted by Gasteiger charge is 2.08. The molecule has 0 aliphatic rings. The van der Waals surface area contributed by atoms with Gasteiger partial charge in [0.25, 0.3) is 0 Å². The highest BCUT2D eigenvalue weighted by Crippen LogP contribution is 2.16. The van der Waals surface area contributed by atoms with Gasteiger partial charge < -0.3 is 0 Å². The average Bonchev–Trinajstić information content (AvgIpc) is 2.24. The van der Waals surface area contributed by atoms with Crippen LogP contribution in [0.5, 0.6) is 0 Å². The summed E-state index contributed by atoms with van der Waals surface area (Å²) in [5.41, 5.74) is 2.76. The van der Waals surface area contributed by atoms with Crippen molar-refractivity contribution >= 4 is 23.4 Å². The lowest BCUT2D eigenvalue weighted by Gasteiger charge is -2.13. The van der Waals surface area contributed by atoms with Crippen LogP contribution < -0.4 is 0 Å². The summed E-state index contributed by atoms with van der Waals surface area (Å²) < 4.78 is 0. The third kappa shape index (κ3) is 4.94. The van der Waals surface area contributed by atoms with Crippen molar-refractivity contribution in [3.63, 3.8) is 0 Å². The summed E-state index contributed by atoms with van der Waals surface area (Å²) in [7, 11) is 0. The maximum atomic E-state index is 5.98. The van der Waals surface area contributed by atoms with Crippen molar-refractivity contribution in [2.75, 3.05) is 17.9 Å². The standard InChI is InChI=1S/C13H19ClS/c1-11-4-3-5-12(8-11)9-13(10-14)6-7-15-2/h3-5,8,13H,6-7,9-10H2,1-2H3. The summed E-state index contributed by atoms with van der Waals surface area (Å²) in [6, 6.07) is 8.73. The molecule has 0 saturated carbocycles. The van der Waals surface area contributed by atoms with E-state index < -0.39 is 0 Å². The van der Waals surface area contributed by atoms with E-state index in [1.807, 2.05) is 11.8 Å². The fourth-order valence-corrected chi connectivity index (χ4v) is 2.52. The number of rotatable bonds is 6. The first kappa shape index (κ1) is 12.9. The Morgan fingerprint density at radius 3 is 2.80 bits per heavy atom.